The monoisotopic (exact) mass is 457 g/mol. The van der Waals surface area contributed by atoms with Crippen molar-refractivity contribution in [2.75, 3.05) is 5.01 Å². The molecule has 0 saturated heterocycles. The summed E-state index contributed by atoms with van der Waals surface area (Å²) in [4.78, 5) is 9.23. The Bertz CT molecular complexity index is 1180. The number of nitrogens with zero attached hydrogens (tertiary/aromatic N) is 5. The molecule has 0 bridgehead atoms. The number of anilines is 1. The zero-order valence-electron chi connectivity index (χ0n) is 19.5. The smallest absolute Gasteiger partial charge is 0.159 e. The van der Waals surface area contributed by atoms with Gasteiger partial charge < -0.3 is 10.4 Å². The molecular weight excluding hydrogens is 426 g/mol. The van der Waals surface area contributed by atoms with E-state index in [1.165, 1.54) is 32.1 Å². The molecular formula is C26H31N7O. The number of hydrogen-bond donors (Lipinski definition) is 3. The van der Waals surface area contributed by atoms with Gasteiger partial charge in [0.25, 0.3) is 0 Å². The van der Waals surface area contributed by atoms with Gasteiger partial charge >= 0.3 is 0 Å². The van der Waals surface area contributed by atoms with E-state index in [0.717, 1.165) is 28.9 Å². The largest absolute Gasteiger partial charge is 0.506 e. The predicted molar refractivity (Wildman–Crippen MR) is 133 cm³/mol. The number of hydrazine groups is 1. The third-order valence-electron chi connectivity index (χ3n) is 6.39. The Hall–Kier alpha value is -3.65. The van der Waals surface area contributed by atoms with Crippen LogP contribution in [0.3, 0.4) is 0 Å². The summed E-state index contributed by atoms with van der Waals surface area (Å²) in [6.07, 6.45) is 18.1. The maximum atomic E-state index is 10.4. The summed E-state index contributed by atoms with van der Waals surface area (Å²) in [5.41, 5.74) is 8.00. The number of allylic oxidation sites excluding steroid dienone is 2. The van der Waals surface area contributed by atoms with Gasteiger partial charge in [0.05, 0.1) is 18.1 Å². The summed E-state index contributed by atoms with van der Waals surface area (Å²) in [6.45, 7) is 0.811. The highest BCUT2D eigenvalue weighted by Crippen LogP contribution is 2.22. The lowest BCUT2D eigenvalue weighted by molar-refractivity contribution is 0.372. The van der Waals surface area contributed by atoms with Crippen LogP contribution >= 0.6 is 0 Å². The second-order valence-electron chi connectivity index (χ2n) is 9.04. The molecule has 5 rings (SSSR count). The van der Waals surface area contributed by atoms with Crippen LogP contribution in [0.1, 0.15) is 43.2 Å². The minimum atomic E-state index is 0.219. The number of aliphatic hydroxyl groups excluding tert-OH is 1. The topological polar surface area (TPSA) is 91.1 Å². The summed E-state index contributed by atoms with van der Waals surface area (Å²) in [5, 5.41) is 20.1. The summed E-state index contributed by atoms with van der Waals surface area (Å²) < 4.78 is 1.74. The molecule has 8 heteroatoms. The van der Waals surface area contributed by atoms with E-state index in [9.17, 15) is 5.11 Å². The Labute approximate surface area is 200 Å². The Balaban J connectivity index is 1.24. The number of rotatable bonds is 7. The molecule has 2 aliphatic rings. The first-order valence-corrected chi connectivity index (χ1v) is 11.9. The van der Waals surface area contributed by atoms with Gasteiger partial charge in [-0.25, -0.2) is 9.97 Å². The standard InChI is InChI=1S/C26H31N7O/c1-32-18-23(17-30-32)33-11-10-25(34)24(31-33)13-19-6-5-7-21(12-19)26-28-15-20(16-29-26)14-27-22-8-3-2-4-9-22/h5-7,10-12,15-18,22,27,31,34H,2-4,8-9,13-14H2,1H3. The van der Waals surface area contributed by atoms with E-state index in [1.54, 1.807) is 23.2 Å². The first-order valence-electron chi connectivity index (χ1n) is 11.9. The van der Waals surface area contributed by atoms with Gasteiger partial charge in [0, 0.05) is 61.9 Å². The summed E-state index contributed by atoms with van der Waals surface area (Å²) in [5.74, 6) is 0.923. The molecule has 3 N–H and O–H groups in total. The Kier molecular flexibility index (Phi) is 6.58. The molecule has 3 aromatic rings. The average Bonchev–Trinajstić information content (AvgIpc) is 3.31. The molecule has 0 atom stereocenters. The summed E-state index contributed by atoms with van der Waals surface area (Å²) in [7, 11) is 1.87. The van der Waals surface area contributed by atoms with Crippen molar-refractivity contribution in [1.82, 2.24) is 30.5 Å². The van der Waals surface area contributed by atoms with Crippen LogP contribution in [0.25, 0.3) is 11.4 Å². The van der Waals surface area contributed by atoms with Crippen molar-refractivity contribution in [2.24, 2.45) is 7.05 Å². The van der Waals surface area contributed by atoms with Gasteiger partial charge in [0.15, 0.2) is 5.82 Å². The number of aliphatic hydroxyl groups is 1. The van der Waals surface area contributed by atoms with Crippen LogP contribution in [0.15, 0.2) is 72.8 Å². The van der Waals surface area contributed by atoms with Crippen molar-refractivity contribution in [3.63, 3.8) is 0 Å². The summed E-state index contributed by atoms with van der Waals surface area (Å²) >= 11 is 0. The molecule has 1 fully saturated rings. The van der Waals surface area contributed by atoms with Gasteiger partial charge in [0.2, 0.25) is 0 Å². The van der Waals surface area contributed by atoms with E-state index < -0.39 is 0 Å². The molecule has 8 nitrogen and oxygen atoms in total. The fourth-order valence-electron chi connectivity index (χ4n) is 4.49. The van der Waals surface area contributed by atoms with Crippen molar-refractivity contribution >= 4 is 5.69 Å². The number of hydrogen-bond acceptors (Lipinski definition) is 7. The van der Waals surface area contributed by atoms with Crippen LogP contribution in [-0.2, 0) is 20.0 Å². The molecule has 1 saturated carbocycles. The number of aromatic nitrogens is 4. The number of benzene rings is 1. The van der Waals surface area contributed by atoms with E-state index in [1.807, 2.05) is 48.8 Å². The van der Waals surface area contributed by atoms with Crippen molar-refractivity contribution in [1.29, 1.82) is 0 Å². The Morgan fingerprint density at radius 3 is 2.68 bits per heavy atom. The molecule has 1 aliphatic carbocycles. The van der Waals surface area contributed by atoms with Crippen LogP contribution in [0.2, 0.25) is 0 Å². The molecule has 0 amide bonds. The van der Waals surface area contributed by atoms with E-state index in [4.69, 9.17) is 0 Å². The van der Waals surface area contributed by atoms with Crippen molar-refractivity contribution in [2.45, 2.75) is 51.1 Å². The highest BCUT2D eigenvalue weighted by atomic mass is 16.3. The van der Waals surface area contributed by atoms with Crippen molar-refractivity contribution in [3.8, 4) is 11.4 Å². The lowest BCUT2D eigenvalue weighted by atomic mass is 9.95. The van der Waals surface area contributed by atoms with Crippen molar-refractivity contribution < 1.29 is 5.11 Å². The molecule has 34 heavy (non-hydrogen) atoms. The van der Waals surface area contributed by atoms with Crippen LogP contribution in [0.5, 0.6) is 0 Å². The van der Waals surface area contributed by atoms with Crippen LogP contribution in [-0.4, -0.2) is 30.9 Å². The van der Waals surface area contributed by atoms with Gasteiger partial charge in [-0.1, -0.05) is 37.5 Å². The molecule has 0 spiro atoms. The average molecular weight is 458 g/mol. The number of aryl methyl sites for hydroxylation is 1. The van der Waals surface area contributed by atoms with E-state index in [0.29, 0.717) is 24.0 Å². The minimum absolute atomic E-state index is 0.219. The lowest BCUT2D eigenvalue weighted by Crippen LogP contribution is -2.36. The molecule has 1 aromatic carbocycles. The third kappa shape index (κ3) is 5.28. The summed E-state index contributed by atoms with van der Waals surface area (Å²) in [6, 6.07) is 8.75. The lowest BCUT2D eigenvalue weighted by Gasteiger charge is -2.26. The first-order chi connectivity index (χ1) is 16.6. The Morgan fingerprint density at radius 2 is 1.91 bits per heavy atom. The second-order valence-corrected chi connectivity index (χ2v) is 9.04. The molecule has 176 valence electrons. The second kappa shape index (κ2) is 10.1. The zero-order chi connectivity index (χ0) is 23.3. The van der Waals surface area contributed by atoms with Gasteiger partial charge in [-0.15, -0.1) is 0 Å². The van der Waals surface area contributed by atoms with Crippen molar-refractivity contribution in [3.05, 3.63) is 83.9 Å². The molecule has 2 aromatic heterocycles. The predicted octanol–water partition coefficient (Wildman–Crippen LogP) is 4.15. The van der Waals surface area contributed by atoms with Gasteiger partial charge in [-0.3, -0.25) is 15.1 Å². The minimum Gasteiger partial charge on any atom is -0.506 e. The van der Waals surface area contributed by atoms with Crippen LogP contribution in [0.4, 0.5) is 5.69 Å². The molecule has 0 radical (unpaired) electrons. The first kappa shape index (κ1) is 22.2. The molecule has 1 aliphatic heterocycles. The normalized spacial score (nSPS) is 16.7. The maximum absolute atomic E-state index is 10.4. The van der Waals surface area contributed by atoms with Gasteiger partial charge in [0.1, 0.15) is 11.4 Å². The SMILES string of the molecule is Cn1cc(N2C=CC(O)=C(Cc3cccc(-c4ncc(CNC5CCCCC5)cn4)c3)N2)cn1. The number of nitrogens with one attached hydrogen (secondary N) is 2. The fourth-order valence-corrected chi connectivity index (χ4v) is 4.49. The van der Waals surface area contributed by atoms with E-state index >= 15 is 0 Å². The highest BCUT2D eigenvalue weighted by molar-refractivity contribution is 5.56. The van der Waals surface area contributed by atoms with Gasteiger partial charge in [-0.2, -0.15) is 5.10 Å². The van der Waals surface area contributed by atoms with Crippen LogP contribution in [0, 0.1) is 0 Å². The quantitative estimate of drug-likeness (QED) is 0.491. The van der Waals surface area contributed by atoms with Gasteiger partial charge in [-0.05, 0) is 24.5 Å². The molecule has 0 unspecified atom stereocenters. The van der Waals surface area contributed by atoms with E-state index in [2.05, 4.69) is 31.9 Å². The van der Waals surface area contributed by atoms with Crippen LogP contribution < -0.4 is 15.8 Å². The molecule has 3 heterocycles. The highest BCUT2D eigenvalue weighted by Gasteiger charge is 2.16. The fraction of sp³-hybridized carbons (Fsp3) is 0.346. The zero-order valence-corrected chi connectivity index (χ0v) is 19.5. The van der Waals surface area contributed by atoms with E-state index in [-0.39, 0.29) is 5.76 Å². The maximum Gasteiger partial charge on any atom is 0.159 e. The Morgan fingerprint density at radius 1 is 1.09 bits per heavy atom. The third-order valence-corrected chi connectivity index (χ3v) is 6.39.